The van der Waals surface area contributed by atoms with Gasteiger partial charge in [-0.05, 0) is 29.7 Å². The fraction of sp³-hybridized carbons (Fsp3) is 0.400. The van der Waals surface area contributed by atoms with Gasteiger partial charge in [-0.25, -0.2) is 0 Å². The van der Waals surface area contributed by atoms with Crippen LogP contribution in [0.3, 0.4) is 0 Å². The molecule has 1 aromatic heterocycles. The predicted octanol–water partition coefficient (Wildman–Crippen LogP) is 2.06. The standard InChI is InChI=1S/C15H15N3O/c1-9(19)18-7-10-4-11(8-18)13-6-15-14(5-12(10)13)16-2-3-17-15/h2-3,5-6,10-11H,4,7-8H2,1H3. The number of nitrogens with zero attached hydrogens (tertiary/aromatic N) is 3. The zero-order valence-corrected chi connectivity index (χ0v) is 10.8. The summed E-state index contributed by atoms with van der Waals surface area (Å²) in [5.74, 6) is 1.14. The van der Waals surface area contributed by atoms with Crippen molar-refractivity contribution in [2.75, 3.05) is 13.1 Å². The van der Waals surface area contributed by atoms with Gasteiger partial charge >= 0.3 is 0 Å². The molecule has 2 bridgehead atoms. The van der Waals surface area contributed by atoms with E-state index in [1.54, 1.807) is 19.3 Å². The molecule has 1 amide bonds. The third-order valence-corrected chi connectivity index (χ3v) is 4.45. The molecule has 2 atom stereocenters. The highest BCUT2D eigenvalue weighted by Gasteiger charge is 2.38. The van der Waals surface area contributed by atoms with Gasteiger partial charge in [-0.1, -0.05) is 0 Å². The van der Waals surface area contributed by atoms with Crippen LogP contribution >= 0.6 is 0 Å². The van der Waals surface area contributed by atoms with Gasteiger partial charge in [0.15, 0.2) is 0 Å². The van der Waals surface area contributed by atoms with Crippen LogP contribution in [0.2, 0.25) is 0 Å². The zero-order chi connectivity index (χ0) is 13.0. The van der Waals surface area contributed by atoms with Crippen LogP contribution in [0.4, 0.5) is 0 Å². The quantitative estimate of drug-likeness (QED) is 0.722. The molecule has 0 spiro atoms. The normalized spacial score (nSPS) is 24.6. The van der Waals surface area contributed by atoms with E-state index in [2.05, 4.69) is 22.1 Å². The van der Waals surface area contributed by atoms with Crippen LogP contribution in [0, 0.1) is 0 Å². The van der Waals surface area contributed by atoms with Crippen molar-refractivity contribution < 1.29 is 4.79 Å². The third kappa shape index (κ3) is 1.56. The lowest BCUT2D eigenvalue weighted by Crippen LogP contribution is -2.38. The first-order chi connectivity index (χ1) is 9.22. The average Bonchev–Trinajstić information content (AvgIpc) is 2.67. The largest absolute Gasteiger partial charge is 0.342 e. The molecule has 1 saturated heterocycles. The molecule has 0 radical (unpaired) electrons. The molecule has 4 heteroatoms. The lowest BCUT2D eigenvalue weighted by molar-refractivity contribution is -0.130. The van der Waals surface area contributed by atoms with E-state index in [1.165, 1.54) is 11.1 Å². The Bertz CT molecular complexity index is 632. The molecular weight excluding hydrogens is 238 g/mol. The fourth-order valence-corrected chi connectivity index (χ4v) is 3.56. The Balaban J connectivity index is 1.85. The number of hydrogen-bond donors (Lipinski definition) is 0. The van der Waals surface area contributed by atoms with E-state index in [9.17, 15) is 4.79 Å². The second kappa shape index (κ2) is 3.76. The summed E-state index contributed by atoms with van der Waals surface area (Å²) in [6.45, 7) is 3.37. The summed E-state index contributed by atoms with van der Waals surface area (Å²) < 4.78 is 0. The number of aromatic nitrogens is 2. The number of fused-ring (bicyclic) bond motifs is 6. The van der Waals surface area contributed by atoms with Crippen molar-refractivity contribution in [2.24, 2.45) is 0 Å². The zero-order valence-electron chi connectivity index (χ0n) is 10.8. The first-order valence-electron chi connectivity index (χ1n) is 6.72. The smallest absolute Gasteiger partial charge is 0.219 e. The maximum Gasteiger partial charge on any atom is 0.219 e. The van der Waals surface area contributed by atoms with Crippen LogP contribution in [0.25, 0.3) is 11.0 Å². The molecule has 2 aromatic rings. The fourth-order valence-electron chi connectivity index (χ4n) is 3.56. The van der Waals surface area contributed by atoms with Crippen LogP contribution in [0.5, 0.6) is 0 Å². The molecule has 1 fully saturated rings. The van der Waals surface area contributed by atoms with Crippen molar-refractivity contribution in [1.29, 1.82) is 0 Å². The van der Waals surface area contributed by atoms with E-state index in [0.717, 1.165) is 30.5 Å². The van der Waals surface area contributed by atoms with Crippen LogP contribution in [0.15, 0.2) is 24.5 Å². The van der Waals surface area contributed by atoms with Crippen molar-refractivity contribution in [2.45, 2.75) is 25.2 Å². The molecule has 96 valence electrons. The van der Waals surface area contributed by atoms with Gasteiger partial charge in [-0.3, -0.25) is 14.8 Å². The van der Waals surface area contributed by atoms with Crippen LogP contribution in [0.1, 0.15) is 36.3 Å². The summed E-state index contributed by atoms with van der Waals surface area (Å²) in [4.78, 5) is 22.3. The molecule has 2 unspecified atom stereocenters. The monoisotopic (exact) mass is 253 g/mol. The first-order valence-corrected chi connectivity index (χ1v) is 6.72. The maximum atomic E-state index is 11.6. The van der Waals surface area contributed by atoms with Gasteiger partial charge in [0, 0.05) is 44.2 Å². The van der Waals surface area contributed by atoms with Crippen LogP contribution < -0.4 is 0 Å². The molecule has 0 N–H and O–H groups in total. The topological polar surface area (TPSA) is 46.1 Å². The molecule has 1 aliphatic carbocycles. The summed E-state index contributed by atoms with van der Waals surface area (Å²) in [6.07, 6.45) is 4.63. The van der Waals surface area contributed by atoms with E-state index in [-0.39, 0.29) is 5.91 Å². The summed E-state index contributed by atoms with van der Waals surface area (Å²) in [5, 5.41) is 0. The van der Waals surface area contributed by atoms with E-state index in [0.29, 0.717) is 11.8 Å². The van der Waals surface area contributed by atoms with Gasteiger partial charge in [0.25, 0.3) is 0 Å². The molecular formula is C15H15N3O. The molecule has 1 aromatic carbocycles. The number of carbonyl (C=O) groups is 1. The molecule has 4 nitrogen and oxygen atoms in total. The average molecular weight is 253 g/mol. The highest BCUT2D eigenvalue weighted by atomic mass is 16.2. The summed E-state index contributed by atoms with van der Waals surface area (Å²) in [5.41, 5.74) is 4.68. The Morgan fingerprint density at radius 3 is 2.11 bits per heavy atom. The van der Waals surface area contributed by atoms with E-state index in [4.69, 9.17) is 0 Å². The highest BCUT2D eigenvalue weighted by Crippen LogP contribution is 2.46. The van der Waals surface area contributed by atoms with Crippen molar-refractivity contribution >= 4 is 16.9 Å². The van der Waals surface area contributed by atoms with Gasteiger partial charge in [-0.2, -0.15) is 0 Å². The maximum absolute atomic E-state index is 11.6. The minimum absolute atomic E-state index is 0.184. The van der Waals surface area contributed by atoms with Gasteiger partial charge in [0.05, 0.1) is 11.0 Å². The van der Waals surface area contributed by atoms with Crippen molar-refractivity contribution in [3.8, 4) is 0 Å². The van der Waals surface area contributed by atoms with Crippen molar-refractivity contribution in [3.05, 3.63) is 35.7 Å². The van der Waals surface area contributed by atoms with Gasteiger partial charge < -0.3 is 4.90 Å². The van der Waals surface area contributed by atoms with Crippen molar-refractivity contribution in [1.82, 2.24) is 14.9 Å². The minimum atomic E-state index is 0.184. The Kier molecular flexibility index (Phi) is 2.16. The van der Waals surface area contributed by atoms with Gasteiger partial charge in [0.2, 0.25) is 5.91 Å². The summed E-state index contributed by atoms with van der Waals surface area (Å²) in [6, 6.07) is 4.35. The van der Waals surface area contributed by atoms with Gasteiger partial charge in [-0.15, -0.1) is 0 Å². The SMILES string of the molecule is CC(=O)N1CC2CC(C1)c1cc3nccnc3cc12. The molecule has 1 aliphatic heterocycles. The molecule has 4 rings (SSSR count). The Hall–Kier alpha value is -1.97. The molecule has 2 heterocycles. The second-order valence-corrected chi connectivity index (χ2v) is 5.58. The lowest BCUT2D eigenvalue weighted by atomic mass is 9.96. The lowest BCUT2D eigenvalue weighted by Gasteiger charge is -2.31. The Morgan fingerprint density at radius 1 is 1.11 bits per heavy atom. The molecule has 0 saturated carbocycles. The molecule has 19 heavy (non-hydrogen) atoms. The van der Waals surface area contributed by atoms with Crippen molar-refractivity contribution in [3.63, 3.8) is 0 Å². The van der Waals surface area contributed by atoms with E-state index < -0.39 is 0 Å². The number of carbonyl (C=O) groups excluding carboxylic acids is 1. The van der Waals surface area contributed by atoms with Crippen LogP contribution in [-0.2, 0) is 4.79 Å². The third-order valence-electron chi connectivity index (χ3n) is 4.45. The number of hydrogen-bond acceptors (Lipinski definition) is 3. The Labute approximate surface area is 111 Å². The van der Waals surface area contributed by atoms with Crippen LogP contribution in [-0.4, -0.2) is 33.9 Å². The number of rotatable bonds is 0. The number of benzene rings is 1. The summed E-state index contributed by atoms with van der Waals surface area (Å²) in [7, 11) is 0. The summed E-state index contributed by atoms with van der Waals surface area (Å²) >= 11 is 0. The molecule has 2 aliphatic rings. The number of piperidine rings is 1. The highest BCUT2D eigenvalue weighted by molar-refractivity contribution is 5.78. The minimum Gasteiger partial charge on any atom is -0.342 e. The Morgan fingerprint density at radius 2 is 1.63 bits per heavy atom. The van der Waals surface area contributed by atoms with E-state index >= 15 is 0 Å². The second-order valence-electron chi connectivity index (χ2n) is 5.58. The van der Waals surface area contributed by atoms with Gasteiger partial charge in [0.1, 0.15) is 0 Å². The number of amides is 1. The van der Waals surface area contributed by atoms with E-state index in [1.807, 2.05) is 4.90 Å². The predicted molar refractivity (Wildman–Crippen MR) is 71.9 cm³/mol. The number of likely N-dealkylation sites (tertiary alicyclic amines) is 1. The first kappa shape index (κ1) is 10.9.